The van der Waals surface area contributed by atoms with E-state index in [-0.39, 0.29) is 5.92 Å². The van der Waals surface area contributed by atoms with E-state index in [1.165, 1.54) is 6.21 Å². The van der Waals surface area contributed by atoms with Crippen molar-refractivity contribution in [2.24, 2.45) is 11.3 Å². The zero-order valence-electron chi connectivity index (χ0n) is 5.92. The molecule has 0 saturated heterocycles. The van der Waals surface area contributed by atoms with Gasteiger partial charge in [-0.2, -0.15) is 0 Å². The van der Waals surface area contributed by atoms with Gasteiger partial charge in [-0.1, -0.05) is 6.92 Å². The van der Waals surface area contributed by atoms with Crippen LogP contribution in [-0.4, -0.2) is 17.3 Å². The van der Waals surface area contributed by atoms with Crippen molar-refractivity contribution in [1.29, 1.82) is 5.41 Å². The van der Waals surface area contributed by atoms with Gasteiger partial charge >= 0.3 is 5.97 Å². The fourth-order valence-electron chi connectivity index (χ4n) is 1.16. The SMILES string of the molecule is C[C@@H](C=N)C1(C(=O)O)CC1. The van der Waals surface area contributed by atoms with E-state index in [1.807, 2.05) is 0 Å². The van der Waals surface area contributed by atoms with Crippen LogP contribution in [0.5, 0.6) is 0 Å². The first-order valence-corrected chi connectivity index (χ1v) is 3.37. The Morgan fingerprint density at radius 1 is 1.80 bits per heavy atom. The van der Waals surface area contributed by atoms with Crippen LogP contribution in [0.25, 0.3) is 0 Å². The lowest BCUT2D eigenvalue weighted by Crippen LogP contribution is -2.23. The van der Waals surface area contributed by atoms with Crippen molar-refractivity contribution in [3.63, 3.8) is 0 Å². The molecular weight excluding hydrogens is 130 g/mol. The third-order valence-corrected chi connectivity index (χ3v) is 2.34. The second-order valence-corrected chi connectivity index (χ2v) is 2.92. The van der Waals surface area contributed by atoms with Crippen molar-refractivity contribution < 1.29 is 9.90 Å². The molecule has 1 rings (SSSR count). The van der Waals surface area contributed by atoms with Crippen LogP contribution in [0.2, 0.25) is 0 Å². The minimum Gasteiger partial charge on any atom is -0.481 e. The lowest BCUT2D eigenvalue weighted by molar-refractivity contribution is -0.144. The topological polar surface area (TPSA) is 61.2 Å². The predicted octanol–water partition coefficient (Wildman–Crippen LogP) is 1.14. The highest BCUT2D eigenvalue weighted by Crippen LogP contribution is 2.51. The van der Waals surface area contributed by atoms with E-state index in [2.05, 4.69) is 0 Å². The van der Waals surface area contributed by atoms with Gasteiger partial charge < -0.3 is 10.5 Å². The number of aliphatic carboxylic acids is 1. The largest absolute Gasteiger partial charge is 0.481 e. The van der Waals surface area contributed by atoms with E-state index in [0.29, 0.717) is 0 Å². The number of carbonyl (C=O) groups is 1. The Bertz CT molecular complexity index is 172. The zero-order valence-corrected chi connectivity index (χ0v) is 5.92. The average Bonchev–Trinajstić information content (AvgIpc) is 2.65. The second-order valence-electron chi connectivity index (χ2n) is 2.92. The van der Waals surface area contributed by atoms with Gasteiger partial charge in [-0.25, -0.2) is 0 Å². The summed E-state index contributed by atoms with van der Waals surface area (Å²) < 4.78 is 0. The molecular formula is C7H11NO2. The molecule has 0 aromatic heterocycles. The number of hydrogen-bond acceptors (Lipinski definition) is 2. The quantitative estimate of drug-likeness (QED) is 0.579. The molecule has 0 bridgehead atoms. The monoisotopic (exact) mass is 141 g/mol. The van der Waals surface area contributed by atoms with Gasteiger partial charge in [0.2, 0.25) is 0 Å². The van der Waals surface area contributed by atoms with Crippen molar-refractivity contribution in [3.8, 4) is 0 Å². The molecule has 3 nitrogen and oxygen atoms in total. The van der Waals surface area contributed by atoms with Crippen molar-refractivity contribution in [1.82, 2.24) is 0 Å². The van der Waals surface area contributed by atoms with Gasteiger partial charge in [0.1, 0.15) is 0 Å². The molecule has 1 fully saturated rings. The molecule has 0 aromatic carbocycles. The van der Waals surface area contributed by atoms with Gasteiger partial charge in [0.15, 0.2) is 0 Å². The van der Waals surface area contributed by atoms with Crippen LogP contribution in [0.1, 0.15) is 19.8 Å². The van der Waals surface area contributed by atoms with Crippen molar-refractivity contribution in [3.05, 3.63) is 0 Å². The van der Waals surface area contributed by atoms with Gasteiger partial charge in [-0.3, -0.25) is 4.79 Å². The first-order chi connectivity index (χ1) is 4.63. The summed E-state index contributed by atoms with van der Waals surface area (Å²) in [6.45, 7) is 1.79. The highest BCUT2D eigenvalue weighted by atomic mass is 16.4. The normalized spacial score (nSPS) is 23.3. The molecule has 56 valence electrons. The van der Waals surface area contributed by atoms with Gasteiger partial charge in [0.05, 0.1) is 5.41 Å². The van der Waals surface area contributed by atoms with E-state index in [4.69, 9.17) is 10.5 Å². The van der Waals surface area contributed by atoms with E-state index in [9.17, 15) is 4.79 Å². The molecule has 3 heteroatoms. The first-order valence-electron chi connectivity index (χ1n) is 3.37. The first kappa shape index (κ1) is 7.25. The Balaban J connectivity index is 2.68. The van der Waals surface area contributed by atoms with Crippen LogP contribution in [0, 0.1) is 16.7 Å². The smallest absolute Gasteiger partial charge is 0.310 e. The molecule has 0 unspecified atom stereocenters. The summed E-state index contributed by atoms with van der Waals surface area (Å²) in [7, 11) is 0. The summed E-state index contributed by atoms with van der Waals surface area (Å²) in [5.41, 5.74) is -0.568. The number of carboxylic acid groups (broad SMARTS) is 1. The van der Waals surface area contributed by atoms with E-state index >= 15 is 0 Å². The maximum absolute atomic E-state index is 10.6. The maximum Gasteiger partial charge on any atom is 0.310 e. The number of carboxylic acids is 1. The Hall–Kier alpha value is -0.860. The molecule has 0 amide bonds. The van der Waals surface area contributed by atoms with Crippen LogP contribution >= 0.6 is 0 Å². The summed E-state index contributed by atoms with van der Waals surface area (Å²) in [5, 5.41) is 15.6. The molecule has 0 radical (unpaired) electrons. The standard InChI is InChI=1S/C7H11NO2/c1-5(4-8)7(2-3-7)6(9)10/h4-5,8H,2-3H2,1H3,(H,9,10)/t5-/m0/s1. The highest BCUT2D eigenvalue weighted by Gasteiger charge is 2.53. The molecule has 0 aromatic rings. The summed E-state index contributed by atoms with van der Waals surface area (Å²) in [6.07, 6.45) is 2.69. The van der Waals surface area contributed by atoms with Crippen LogP contribution < -0.4 is 0 Å². The second kappa shape index (κ2) is 2.08. The molecule has 0 spiro atoms. The predicted molar refractivity (Wildman–Crippen MR) is 37.3 cm³/mol. The van der Waals surface area contributed by atoms with Gasteiger partial charge in [-0.15, -0.1) is 0 Å². The molecule has 10 heavy (non-hydrogen) atoms. The minimum atomic E-state index is -0.747. The lowest BCUT2D eigenvalue weighted by atomic mass is 9.92. The Kier molecular flexibility index (Phi) is 1.50. The Morgan fingerprint density at radius 2 is 2.30 bits per heavy atom. The summed E-state index contributed by atoms with van der Waals surface area (Å²) in [4.78, 5) is 10.6. The highest BCUT2D eigenvalue weighted by molar-refractivity contribution is 5.82. The molecule has 1 aliphatic rings. The van der Waals surface area contributed by atoms with Gasteiger partial charge in [0, 0.05) is 5.92 Å². The fourth-order valence-corrected chi connectivity index (χ4v) is 1.16. The van der Waals surface area contributed by atoms with Crippen LogP contribution in [0.4, 0.5) is 0 Å². The lowest BCUT2D eigenvalue weighted by Gasteiger charge is -2.12. The van der Waals surface area contributed by atoms with Crippen LogP contribution in [-0.2, 0) is 4.79 Å². The van der Waals surface area contributed by atoms with Crippen LogP contribution in [0.3, 0.4) is 0 Å². The molecule has 2 N–H and O–H groups in total. The minimum absolute atomic E-state index is 0.106. The van der Waals surface area contributed by atoms with E-state index in [1.54, 1.807) is 6.92 Å². The zero-order chi connectivity index (χ0) is 7.78. The van der Waals surface area contributed by atoms with Gasteiger partial charge in [0.25, 0.3) is 0 Å². The Labute approximate surface area is 59.6 Å². The molecule has 0 heterocycles. The third-order valence-electron chi connectivity index (χ3n) is 2.34. The summed E-state index contributed by atoms with van der Waals surface area (Å²) in [5.74, 6) is -0.853. The maximum atomic E-state index is 10.6. The average molecular weight is 141 g/mol. The summed E-state index contributed by atoms with van der Waals surface area (Å²) in [6, 6.07) is 0. The third kappa shape index (κ3) is 0.818. The molecule has 1 saturated carbocycles. The van der Waals surface area contributed by atoms with Crippen molar-refractivity contribution in [2.45, 2.75) is 19.8 Å². The molecule has 0 aliphatic heterocycles. The van der Waals surface area contributed by atoms with Gasteiger partial charge in [-0.05, 0) is 19.1 Å². The van der Waals surface area contributed by atoms with Crippen molar-refractivity contribution in [2.75, 3.05) is 0 Å². The summed E-state index contributed by atoms with van der Waals surface area (Å²) >= 11 is 0. The van der Waals surface area contributed by atoms with E-state index < -0.39 is 11.4 Å². The number of rotatable bonds is 3. The number of nitrogens with one attached hydrogen (secondary N) is 1. The fraction of sp³-hybridized carbons (Fsp3) is 0.714. The Morgan fingerprint density at radius 3 is 2.40 bits per heavy atom. The molecule has 1 aliphatic carbocycles. The molecule has 1 atom stereocenters. The van der Waals surface area contributed by atoms with E-state index in [0.717, 1.165) is 12.8 Å². The number of hydrogen-bond donors (Lipinski definition) is 2. The van der Waals surface area contributed by atoms with Crippen molar-refractivity contribution >= 4 is 12.2 Å². The van der Waals surface area contributed by atoms with Crippen LogP contribution in [0.15, 0.2) is 0 Å².